The second kappa shape index (κ2) is 13.0. The van der Waals surface area contributed by atoms with Crippen LogP contribution in [0.3, 0.4) is 0 Å². The summed E-state index contributed by atoms with van der Waals surface area (Å²) < 4.78 is 19.3. The second-order valence-electron chi connectivity index (χ2n) is 9.13. The molecule has 3 N–H and O–H groups in total. The Hall–Kier alpha value is -5.83. The van der Waals surface area contributed by atoms with Crippen molar-refractivity contribution in [3.05, 3.63) is 138 Å². The lowest BCUT2D eigenvalue weighted by Gasteiger charge is -2.12. The van der Waals surface area contributed by atoms with Crippen LogP contribution in [0.15, 0.2) is 120 Å². The lowest BCUT2D eigenvalue weighted by molar-refractivity contribution is -0.136. The maximum absolute atomic E-state index is 13.3. The van der Waals surface area contributed by atoms with Crippen molar-refractivity contribution >= 4 is 46.1 Å². The third-order valence-corrected chi connectivity index (χ3v) is 6.26. The fourth-order valence-corrected chi connectivity index (χ4v) is 4.17. The Balaban J connectivity index is 1.28. The maximum Gasteiger partial charge on any atom is 0.329 e. The summed E-state index contributed by atoms with van der Waals surface area (Å²) in [6.07, 6.45) is 1.40. The van der Waals surface area contributed by atoms with Crippen LogP contribution in [0, 0.1) is 5.82 Å². The van der Waals surface area contributed by atoms with Gasteiger partial charge in [-0.3, -0.25) is 14.4 Å². The lowest BCUT2D eigenvalue weighted by atomic mass is 10.0. The molecule has 0 aliphatic heterocycles. The highest BCUT2D eigenvalue weighted by Gasteiger charge is 2.18. The summed E-state index contributed by atoms with van der Waals surface area (Å²) in [5.41, 5.74) is 4.53. The third kappa shape index (κ3) is 6.83. The molecule has 8 nitrogen and oxygen atoms in total. The zero-order valence-corrected chi connectivity index (χ0v) is 22.2. The van der Waals surface area contributed by atoms with E-state index in [0.717, 1.165) is 16.3 Å². The normalized spacial score (nSPS) is 10.8. The van der Waals surface area contributed by atoms with Gasteiger partial charge in [-0.2, -0.15) is 5.10 Å². The molecule has 5 aromatic rings. The summed E-state index contributed by atoms with van der Waals surface area (Å²) in [7, 11) is 0. The first-order valence-corrected chi connectivity index (χ1v) is 13.0. The third-order valence-electron chi connectivity index (χ3n) is 6.26. The summed E-state index contributed by atoms with van der Waals surface area (Å²) in [6, 6.07) is 32.4. The number of fused-ring (bicyclic) bond motifs is 1. The van der Waals surface area contributed by atoms with E-state index in [0.29, 0.717) is 17.0 Å². The lowest BCUT2D eigenvalue weighted by Crippen LogP contribution is -2.33. The number of amides is 3. The van der Waals surface area contributed by atoms with Gasteiger partial charge in [0, 0.05) is 11.3 Å². The van der Waals surface area contributed by atoms with E-state index in [9.17, 15) is 18.8 Å². The fraction of sp³-hybridized carbons (Fsp3) is 0.0303. The number of carbonyl (C=O) groups is 3. The average molecular weight is 561 g/mol. The van der Waals surface area contributed by atoms with Crippen LogP contribution < -0.4 is 20.8 Å². The summed E-state index contributed by atoms with van der Waals surface area (Å²) >= 11 is 0. The number of hydrazone groups is 1. The van der Waals surface area contributed by atoms with Crippen molar-refractivity contribution in [2.75, 3.05) is 10.6 Å². The van der Waals surface area contributed by atoms with Crippen molar-refractivity contribution in [2.45, 2.75) is 6.61 Å². The Morgan fingerprint density at radius 2 is 1.45 bits per heavy atom. The number of benzene rings is 5. The van der Waals surface area contributed by atoms with E-state index in [2.05, 4.69) is 21.2 Å². The molecule has 9 heteroatoms. The number of hydrogen-bond donors (Lipinski definition) is 3. The first-order valence-electron chi connectivity index (χ1n) is 13.0. The summed E-state index contributed by atoms with van der Waals surface area (Å²) in [5.74, 6) is -2.33. The highest BCUT2D eigenvalue weighted by Crippen LogP contribution is 2.27. The Morgan fingerprint density at radius 1 is 0.738 bits per heavy atom. The van der Waals surface area contributed by atoms with Crippen molar-refractivity contribution < 1.29 is 23.5 Å². The molecule has 5 rings (SSSR count). The van der Waals surface area contributed by atoms with Gasteiger partial charge in [0.15, 0.2) is 0 Å². The summed E-state index contributed by atoms with van der Waals surface area (Å²) in [5, 5.41) is 11.0. The smallest absolute Gasteiger partial charge is 0.329 e. The SMILES string of the molecule is O=C(N/N=C/c1c(OCc2ccc(F)cc2)ccc2ccccc12)C(=O)Nc1ccccc1C(=O)Nc1ccccc1. The van der Waals surface area contributed by atoms with Gasteiger partial charge in [-0.1, -0.05) is 72.8 Å². The molecule has 0 spiro atoms. The van der Waals surface area contributed by atoms with Gasteiger partial charge in [-0.05, 0) is 58.8 Å². The summed E-state index contributed by atoms with van der Waals surface area (Å²) in [6.45, 7) is 0.186. The molecule has 0 atom stereocenters. The highest BCUT2D eigenvalue weighted by atomic mass is 19.1. The number of nitrogens with one attached hydrogen (secondary N) is 3. The van der Waals surface area contributed by atoms with Gasteiger partial charge in [0.1, 0.15) is 18.2 Å². The predicted molar refractivity (Wildman–Crippen MR) is 160 cm³/mol. The molecule has 0 saturated heterocycles. The molecule has 3 amide bonds. The van der Waals surface area contributed by atoms with E-state index < -0.39 is 17.7 Å². The van der Waals surface area contributed by atoms with E-state index in [1.807, 2.05) is 36.4 Å². The Morgan fingerprint density at radius 3 is 2.26 bits per heavy atom. The predicted octanol–water partition coefficient (Wildman–Crippen LogP) is 5.90. The van der Waals surface area contributed by atoms with Crippen LogP contribution in [0.1, 0.15) is 21.5 Å². The van der Waals surface area contributed by atoms with Gasteiger partial charge >= 0.3 is 11.8 Å². The number of anilines is 2. The molecule has 0 heterocycles. The van der Waals surface area contributed by atoms with Crippen molar-refractivity contribution in [3.63, 3.8) is 0 Å². The standard InChI is InChI=1S/C33H25FN4O4/c34-24-17-14-22(15-18-24)21-42-30-19-16-23-8-4-5-11-26(23)28(30)20-35-38-33(41)32(40)37-29-13-7-6-12-27(29)31(39)36-25-9-2-1-3-10-25/h1-20H,21H2,(H,36,39)(H,37,40)(H,38,41)/b35-20+. The van der Waals surface area contributed by atoms with Crippen molar-refractivity contribution in [3.8, 4) is 5.75 Å². The molecule has 208 valence electrons. The number of para-hydroxylation sites is 2. The van der Waals surface area contributed by atoms with Crippen LogP contribution in [0.4, 0.5) is 15.8 Å². The quantitative estimate of drug-likeness (QED) is 0.125. The molecule has 0 aliphatic rings. The highest BCUT2D eigenvalue weighted by molar-refractivity contribution is 6.40. The Labute approximate surface area is 240 Å². The maximum atomic E-state index is 13.3. The fourth-order valence-electron chi connectivity index (χ4n) is 4.17. The minimum Gasteiger partial charge on any atom is -0.488 e. The molecule has 0 saturated carbocycles. The zero-order valence-electron chi connectivity index (χ0n) is 22.2. The summed E-state index contributed by atoms with van der Waals surface area (Å²) in [4.78, 5) is 38.1. The van der Waals surface area contributed by atoms with E-state index >= 15 is 0 Å². The van der Waals surface area contributed by atoms with Gasteiger partial charge in [0.05, 0.1) is 17.5 Å². The molecule has 0 aromatic heterocycles. The van der Waals surface area contributed by atoms with E-state index in [1.54, 1.807) is 54.6 Å². The van der Waals surface area contributed by atoms with Crippen molar-refractivity contribution in [2.24, 2.45) is 5.10 Å². The molecule has 0 unspecified atom stereocenters. The monoisotopic (exact) mass is 560 g/mol. The van der Waals surface area contributed by atoms with Crippen LogP contribution in [-0.2, 0) is 16.2 Å². The average Bonchev–Trinajstić information content (AvgIpc) is 3.02. The molecule has 5 aromatic carbocycles. The molecule has 0 aliphatic carbocycles. The van der Waals surface area contributed by atoms with E-state index in [1.165, 1.54) is 30.5 Å². The number of nitrogens with zero attached hydrogens (tertiary/aromatic N) is 1. The zero-order chi connectivity index (χ0) is 29.3. The number of hydrogen-bond acceptors (Lipinski definition) is 5. The number of halogens is 1. The molecular formula is C33H25FN4O4. The van der Waals surface area contributed by atoms with Crippen LogP contribution in [0.25, 0.3) is 10.8 Å². The minimum atomic E-state index is -1.03. The van der Waals surface area contributed by atoms with E-state index in [4.69, 9.17) is 4.74 Å². The Kier molecular flexibility index (Phi) is 8.59. The van der Waals surface area contributed by atoms with Crippen LogP contribution >= 0.6 is 0 Å². The minimum absolute atomic E-state index is 0.167. The number of rotatable bonds is 8. The molecular weight excluding hydrogens is 535 g/mol. The Bertz CT molecular complexity index is 1770. The van der Waals surface area contributed by atoms with E-state index in [-0.39, 0.29) is 23.7 Å². The van der Waals surface area contributed by atoms with Crippen molar-refractivity contribution in [1.29, 1.82) is 0 Å². The largest absolute Gasteiger partial charge is 0.488 e. The first kappa shape index (κ1) is 27.7. The molecule has 0 bridgehead atoms. The molecule has 0 radical (unpaired) electrons. The molecule has 0 fully saturated rings. The molecule has 42 heavy (non-hydrogen) atoms. The number of carbonyl (C=O) groups excluding carboxylic acids is 3. The topological polar surface area (TPSA) is 109 Å². The van der Waals surface area contributed by atoms with Crippen LogP contribution in [-0.4, -0.2) is 23.9 Å². The second-order valence-corrected chi connectivity index (χ2v) is 9.13. The van der Waals surface area contributed by atoms with Gasteiger partial charge in [0.2, 0.25) is 0 Å². The van der Waals surface area contributed by atoms with Crippen LogP contribution in [0.2, 0.25) is 0 Å². The van der Waals surface area contributed by atoms with Crippen LogP contribution in [0.5, 0.6) is 5.75 Å². The number of ether oxygens (including phenoxy) is 1. The first-order chi connectivity index (χ1) is 20.5. The van der Waals surface area contributed by atoms with Gasteiger partial charge < -0.3 is 15.4 Å². The van der Waals surface area contributed by atoms with Crippen molar-refractivity contribution in [1.82, 2.24) is 5.43 Å². The van der Waals surface area contributed by atoms with Gasteiger partial charge in [-0.15, -0.1) is 0 Å². The van der Waals surface area contributed by atoms with Gasteiger partial charge in [0.25, 0.3) is 5.91 Å². The van der Waals surface area contributed by atoms with Gasteiger partial charge in [-0.25, -0.2) is 9.82 Å².